The molecule has 0 aromatic carbocycles. The van der Waals surface area contributed by atoms with E-state index in [0.29, 0.717) is 0 Å². The lowest BCUT2D eigenvalue weighted by Crippen LogP contribution is -1.66. The Balaban J connectivity index is 4.17. The first kappa shape index (κ1) is 8.96. The molecule has 0 aromatic rings. The fourth-order valence-electron chi connectivity index (χ4n) is 0.591. The molecule has 10 heavy (non-hydrogen) atoms. The van der Waals surface area contributed by atoms with E-state index in [2.05, 4.69) is 6.58 Å². The first-order valence-corrected chi connectivity index (χ1v) is 3.43. The van der Waals surface area contributed by atoms with Gasteiger partial charge in [-0.05, 0) is 19.4 Å². The Bertz CT molecular complexity index is 168. The minimum absolute atomic E-state index is 1.14. The minimum Gasteiger partial charge on any atom is -0.0985 e. The molecule has 0 atom stereocenters. The summed E-state index contributed by atoms with van der Waals surface area (Å²) in [6, 6.07) is 0. The molecule has 54 valence electrons. The molecule has 0 rings (SSSR count). The summed E-state index contributed by atoms with van der Waals surface area (Å²) < 4.78 is 0. The number of hydrogen-bond donors (Lipinski definition) is 0. The molecule has 0 fully saturated rings. The summed E-state index contributed by atoms with van der Waals surface area (Å²) in [5.74, 6) is 0. The molecule has 0 aromatic heterocycles. The molecule has 0 aliphatic carbocycles. The van der Waals surface area contributed by atoms with E-state index >= 15 is 0 Å². The number of allylic oxidation sites excluding steroid dienone is 7. The molecule has 0 amide bonds. The average Bonchev–Trinajstić information content (AvgIpc) is 1.98. The monoisotopic (exact) mass is 134 g/mol. The van der Waals surface area contributed by atoms with Crippen LogP contribution in [-0.4, -0.2) is 0 Å². The van der Waals surface area contributed by atoms with Crippen molar-refractivity contribution in [3.05, 3.63) is 48.6 Å². The third-order valence-electron chi connectivity index (χ3n) is 1.08. The third kappa shape index (κ3) is 3.90. The highest BCUT2D eigenvalue weighted by molar-refractivity contribution is 5.32. The van der Waals surface area contributed by atoms with Crippen LogP contribution in [0.1, 0.15) is 13.8 Å². The molecule has 0 saturated carbocycles. The Labute approximate surface area is 63.3 Å². The zero-order valence-corrected chi connectivity index (χ0v) is 6.67. The topological polar surface area (TPSA) is 0 Å². The second kappa shape index (κ2) is 6.09. The summed E-state index contributed by atoms with van der Waals surface area (Å²) in [4.78, 5) is 0. The van der Waals surface area contributed by atoms with E-state index in [9.17, 15) is 0 Å². The number of rotatable bonds is 3. The van der Waals surface area contributed by atoms with Crippen molar-refractivity contribution < 1.29 is 0 Å². The Kier molecular flexibility index (Phi) is 5.45. The first-order chi connectivity index (χ1) is 4.85. The maximum atomic E-state index is 3.68. The highest BCUT2D eigenvalue weighted by Crippen LogP contribution is 1.97. The van der Waals surface area contributed by atoms with Crippen molar-refractivity contribution in [1.29, 1.82) is 0 Å². The van der Waals surface area contributed by atoms with Gasteiger partial charge in [-0.15, -0.1) is 0 Å². The summed E-state index contributed by atoms with van der Waals surface area (Å²) >= 11 is 0. The second-order valence-corrected chi connectivity index (χ2v) is 1.90. The van der Waals surface area contributed by atoms with Crippen molar-refractivity contribution in [3.8, 4) is 0 Å². The molecular weight excluding hydrogens is 120 g/mol. The number of hydrogen-bond acceptors (Lipinski definition) is 0. The van der Waals surface area contributed by atoms with E-state index in [-0.39, 0.29) is 0 Å². The van der Waals surface area contributed by atoms with Crippen LogP contribution in [-0.2, 0) is 0 Å². The van der Waals surface area contributed by atoms with Gasteiger partial charge in [-0.1, -0.05) is 43.0 Å². The van der Waals surface area contributed by atoms with Gasteiger partial charge in [0.05, 0.1) is 0 Å². The van der Waals surface area contributed by atoms with Gasteiger partial charge in [0.2, 0.25) is 0 Å². The van der Waals surface area contributed by atoms with Crippen LogP contribution >= 0.6 is 0 Å². The first-order valence-electron chi connectivity index (χ1n) is 3.43. The lowest BCUT2D eigenvalue weighted by Gasteiger charge is -1.86. The molecule has 0 nitrogen and oxygen atoms in total. The van der Waals surface area contributed by atoms with Crippen LogP contribution in [0.25, 0.3) is 0 Å². The van der Waals surface area contributed by atoms with E-state index < -0.39 is 0 Å². The summed E-state index contributed by atoms with van der Waals surface area (Å²) in [6.45, 7) is 7.67. The Morgan fingerprint density at radius 2 is 1.90 bits per heavy atom. The molecule has 0 heteroatoms. The van der Waals surface area contributed by atoms with Crippen molar-refractivity contribution in [2.24, 2.45) is 0 Å². The lowest BCUT2D eigenvalue weighted by atomic mass is 10.2. The SMILES string of the molecule is C=CC(/C=C/C)=C\C=C/C. The predicted molar refractivity (Wildman–Crippen MR) is 47.9 cm³/mol. The molecule has 0 spiro atoms. The predicted octanol–water partition coefficient (Wildman–Crippen LogP) is 3.25. The fraction of sp³-hybridized carbons (Fsp3) is 0.200. The van der Waals surface area contributed by atoms with Crippen LogP contribution in [0.15, 0.2) is 48.6 Å². The van der Waals surface area contributed by atoms with Gasteiger partial charge in [-0.25, -0.2) is 0 Å². The fourth-order valence-corrected chi connectivity index (χ4v) is 0.591. The molecule has 0 aliphatic heterocycles. The summed E-state index contributed by atoms with van der Waals surface area (Å²) in [7, 11) is 0. The van der Waals surface area contributed by atoms with Crippen molar-refractivity contribution in [3.63, 3.8) is 0 Å². The van der Waals surface area contributed by atoms with Gasteiger partial charge >= 0.3 is 0 Å². The zero-order valence-electron chi connectivity index (χ0n) is 6.67. The van der Waals surface area contributed by atoms with E-state index in [4.69, 9.17) is 0 Å². The molecule has 0 heterocycles. The molecule has 0 aliphatic rings. The van der Waals surface area contributed by atoms with Gasteiger partial charge in [0.15, 0.2) is 0 Å². The smallest absolute Gasteiger partial charge is 0.0266 e. The van der Waals surface area contributed by atoms with Gasteiger partial charge in [0, 0.05) is 0 Å². The van der Waals surface area contributed by atoms with Crippen LogP contribution in [0.4, 0.5) is 0 Å². The molecule has 0 bridgehead atoms. The normalized spacial score (nSPS) is 13.2. The van der Waals surface area contributed by atoms with E-state index in [1.165, 1.54) is 0 Å². The van der Waals surface area contributed by atoms with Crippen LogP contribution in [0, 0.1) is 0 Å². The second-order valence-electron chi connectivity index (χ2n) is 1.90. The van der Waals surface area contributed by atoms with Crippen molar-refractivity contribution >= 4 is 0 Å². The van der Waals surface area contributed by atoms with Crippen LogP contribution in [0.3, 0.4) is 0 Å². The minimum atomic E-state index is 1.14. The Morgan fingerprint density at radius 1 is 1.20 bits per heavy atom. The lowest BCUT2D eigenvalue weighted by molar-refractivity contribution is 1.62. The average molecular weight is 134 g/mol. The van der Waals surface area contributed by atoms with Gasteiger partial charge < -0.3 is 0 Å². The van der Waals surface area contributed by atoms with Crippen molar-refractivity contribution in [2.45, 2.75) is 13.8 Å². The quantitative estimate of drug-likeness (QED) is 0.520. The summed E-state index contributed by atoms with van der Waals surface area (Å²) in [5.41, 5.74) is 1.14. The Hall–Kier alpha value is -1.04. The van der Waals surface area contributed by atoms with E-state index in [1.807, 2.05) is 50.3 Å². The summed E-state index contributed by atoms with van der Waals surface area (Å²) in [6.07, 6.45) is 11.9. The Morgan fingerprint density at radius 3 is 2.30 bits per heavy atom. The van der Waals surface area contributed by atoms with Gasteiger partial charge in [0.1, 0.15) is 0 Å². The molecule has 0 N–H and O–H groups in total. The van der Waals surface area contributed by atoms with E-state index in [1.54, 1.807) is 0 Å². The van der Waals surface area contributed by atoms with Crippen LogP contribution in [0.5, 0.6) is 0 Å². The van der Waals surface area contributed by atoms with Gasteiger partial charge in [-0.2, -0.15) is 0 Å². The van der Waals surface area contributed by atoms with Crippen molar-refractivity contribution in [1.82, 2.24) is 0 Å². The van der Waals surface area contributed by atoms with Gasteiger partial charge in [-0.3, -0.25) is 0 Å². The zero-order chi connectivity index (χ0) is 7.82. The maximum absolute atomic E-state index is 3.68. The highest BCUT2D eigenvalue weighted by Gasteiger charge is 1.77. The largest absolute Gasteiger partial charge is 0.0985 e. The molecule has 0 radical (unpaired) electrons. The third-order valence-corrected chi connectivity index (χ3v) is 1.08. The highest BCUT2D eigenvalue weighted by atomic mass is 13.8. The van der Waals surface area contributed by atoms with Crippen molar-refractivity contribution in [2.75, 3.05) is 0 Å². The molecule has 0 saturated heterocycles. The van der Waals surface area contributed by atoms with Crippen LogP contribution in [0.2, 0.25) is 0 Å². The van der Waals surface area contributed by atoms with Gasteiger partial charge in [0.25, 0.3) is 0 Å². The standard InChI is InChI=1S/C10H14/c1-4-7-9-10(6-3)8-5-2/h4-9H,3H2,1-2H3/b7-4-,8-5+,10-9+. The van der Waals surface area contributed by atoms with E-state index in [0.717, 1.165) is 5.57 Å². The molecule has 0 unspecified atom stereocenters. The molecular formula is C10H14. The summed E-state index contributed by atoms with van der Waals surface area (Å²) in [5, 5.41) is 0. The maximum Gasteiger partial charge on any atom is -0.0266 e. The van der Waals surface area contributed by atoms with Crippen LogP contribution < -0.4 is 0 Å².